The van der Waals surface area contributed by atoms with Gasteiger partial charge < -0.3 is 5.32 Å². The maximum Gasteiger partial charge on any atom is 0.128 e. The summed E-state index contributed by atoms with van der Waals surface area (Å²) in [5, 5.41) is 3.75. The summed E-state index contributed by atoms with van der Waals surface area (Å²) in [6.07, 6.45) is 8.31. The Hall–Kier alpha value is -0.410. The molecule has 0 radical (unpaired) electrons. The molecule has 4 bridgehead atoms. The first-order valence-corrected chi connectivity index (χ1v) is 8.60. The van der Waals surface area contributed by atoms with Crippen LogP contribution in [0.25, 0.3) is 0 Å². The second-order valence-corrected chi connectivity index (χ2v) is 8.20. The third-order valence-corrected chi connectivity index (χ3v) is 6.20. The van der Waals surface area contributed by atoms with Crippen molar-refractivity contribution in [2.45, 2.75) is 50.6 Å². The largest absolute Gasteiger partial charge is 0.307 e. The summed E-state index contributed by atoms with van der Waals surface area (Å²) < 4.78 is 14.8. The lowest BCUT2D eigenvalue weighted by Gasteiger charge is -2.57. The predicted molar refractivity (Wildman–Crippen MR) is 81.8 cm³/mol. The third-order valence-electron chi connectivity index (χ3n) is 5.71. The Balaban J connectivity index is 1.49. The fourth-order valence-electron chi connectivity index (χ4n) is 5.27. The van der Waals surface area contributed by atoms with Crippen molar-refractivity contribution >= 4 is 15.9 Å². The van der Waals surface area contributed by atoms with E-state index in [9.17, 15) is 4.39 Å². The minimum absolute atomic E-state index is 0.100. The van der Waals surface area contributed by atoms with Crippen LogP contribution in [-0.4, -0.2) is 5.54 Å². The number of benzene rings is 1. The second kappa shape index (κ2) is 4.81. The molecule has 108 valence electrons. The van der Waals surface area contributed by atoms with E-state index in [1.165, 1.54) is 38.5 Å². The van der Waals surface area contributed by atoms with Crippen LogP contribution >= 0.6 is 15.9 Å². The zero-order valence-electron chi connectivity index (χ0n) is 11.7. The van der Waals surface area contributed by atoms with Gasteiger partial charge in [-0.1, -0.05) is 22.0 Å². The van der Waals surface area contributed by atoms with E-state index in [4.69, 9.17) is 0 Å². The van der Waals surface area contributed by atoms with Crippen LogP contribution in [-0.2, 0) is 6.54 Å². The Kier molecular flexibility index (Phi) is 3.19. The molecule has 0 aromatic heterocycles. The van der Waals surface area contributed by atoms with Gasteiger partial charge in [-0.2, -0.15) is 0 Å². The summed E-state index contributed by atoms with van der Waals surface area (Å²) in [7, 11) is 0. The lowest BCUT2D eigenvalue weighted by Crippen LogP contribution is -2.58. The number of halogens is 2. The Morgan fingerprint density at radius 2 is 1.70 bits per heavy atom. The van der Waals surface area contributed by atoms with Gasteiger partial charge in [-0.15, -0.1) is 0 Å². The molecule has 4 saturated carbocycles. The standard InChI is InChI=1S/C17H21BrFN/c18-15-2-1-14(16(19)6-15)10-20-17-7-11-3-12(8-17)5-13(4-11)9-17/h1-2,6,11-13,20H,3-5,7-10H2. The molecule has 0 amide bonds. The highest BCUT2D eigenvalue weighted by Gasteiger charge is 2.50. The first-order valence-electron chi connectivity index (χ1n) is 7.81. The topological polar surface area (TPSA) is 12.0 Å². The zero-order chi connectivity index (χ0) is 13.7. The van der Waals surface area contributed by atoms with E-state index < -0.39 is 0 Å². The fourth-order valence-corrected chi connectivity index (χ4v) is 5.61. The van der Waals surface area contributed by atoms with Crippen LogP contribution in [0.4, 0.5) is 4.39 Å². The van der Waals surface area contributed by atoms with E-state index in [2.05, 4.69) is 21.2 Å². The maximum atomic E-state index is 13.9. The number of hydrogen-bond donors (Lipinski definition) is 1. The van der Waals surface area contributed by atoms with E-state index in [1.54, 1.807) is 6.07 Å². The summed E-state index contributed by atoms with van der Waals surface area (Å²) in [6.45, 7) is 0.672. The quantitative estimate of drug-likeness (QED) is 0.846. The van der Waals surface area contributed by atoms with Crippen LogP contribution in [0.3, 0.4) is 0 Å². The summed E-state index contributed by atoms with van der Waals surface area (Å²) in [5.74, 6) is 2.70. The highest BCUT2D eigenvalue weighted by Crippen LogP contribution is 2.55. The Morgan fingerprint density at radius 3 is 2.25 bits per heavy atom. The van der Waals surface area contributed by atoms with Gasteiger partial charge in [0.1, 0.15) is 5.82 Å². The van der Waals surface area contributed by atoms with Crippen molar-refractivity contribution in [3.05, 3.63) is 34.1 Å². The minimum Gasteiger partial charge on any atom is -0.307 e. The first-order chi connectivity index (χ1) is 9.62. The maximum absolute atomic E-state index is 13.9. The molecule has 1 aromatic carbocycles. The second-order valence-electron chi connectivity index (χ2n) is 7.29. The van der Waals surface area contributed by atoms with E-state index in [0.29, 0.717) is 12.1 Å². The molecule has 0 atom stereocenters. The normalized spacial score (nSPS) is 38.4. The molecule has 5 rings (SSSR count). The van der Waals surface area contributed by atoms with Crippen molar-refractivity contribution in [1.82, 2.24) is 5.32 Å². The number of rotatable bonds is 3. The average Bonchev–Trinajstić information content (AvgIpc) is 2.36. The van der Waals surface area contributed by atoms with Crippen molar-refractivity contribution in [2.75, 3.05) is 0 Å². The Labute approximate surface area is 128 Å². The van der Waals surface area contributed by atoms with Crippen molar-refractivity contribution in [1.29, 1.82) is 0 Å². The number of hydrogen-bond acceptors (Lipinski definition) is 1. The summed E-state index contributed by atoms with van der Waals surface area (Å²) in [5.41, 5.74) is 1.11. The van der Waals surface area contributed by atoms with Gasteiger partial charge in [0.2, 0.25) is 0 Å². The van der Waals surface area contributed by atoms with Gasteiger partial charge in [0, 0.05) is 22.1 Å². The molecule has 1 nitrogen and oxygen atoms in total. The lowest BCUT2D eigenvalue weighted by atomic mass is 9.53. The van der Waals surface area contributed by atoms with Crippen LogP contribution < -0.4 is 5.32 Å². The van der Waals surface area contributed by atoms with Crippen molar-refractivity contribution < 1.29 is 4.39 Å². The smallest absolute Gasteiger partial charge is 0.128 e. The third kappa shape index (κ3) is 2.33. The number of nitrogens with one attached hydrogen (secondary N) is 1. The molecule has 0 unspecified atom stereocenters. The molecule has 0 heterocycles. The van der Waals surface area contributed by atoms with Gasteiger partial charge in [0.25, 0.3) is 0 Å². The molecule has 20 heavy (non-hydrogen) atoms. The predicted octanol–water partition coefficient (Wildman–Crippen LogP) is 4.65. The molecule has 4 aliphatic rings. The van der Waals surface area contributed by atoms with Crippen molar-refractivity contribution in [2.24, 2.45) is 17.8 Å². The monoisotopic (exact) mass is 337 g/mol. The SMILES string of the molecule is Fc1cc(Br)ccc1CNC12CC3CC(CC(C3)C1)C2. The van der Waals surface area contributed by atoms with E-state index >= 15 is 0 Å². The minimum atomic E-state index is -0.100. The average molecular weight is 338 g/mol. The molecule has 0 aliphatic heterocycles. The van der Waals surface area contributed by atoms with Gasteiger partial charge in [0.15, 0.2) is 0 Å². The Morgan fingerprint density at radius 1 is 1.10 bits per heavy atom. The van der Waals surface area contributed by atoms with Gasteiger partial charge in [-0.3, -0.25) is 0 Å². The molecule has 3 heteroatoms. The van der Waals surface area contributed by atoms with Gasteiger partial charge in [-0.25, -0.2) is 4.39 Å². The Bertz CT molecular complexity index is 492. The van der Waals surface area contributed by atoms with Crippen molar-refractivity contribution in [3.63, 3.8) is 0 Å². The van der Waals surface area contributed by atoms with Gasteiger partial charge in [0.05, 0.1) is 0 Å². The molecule has 1 N–H and O–H groups in total. The highest BCUT2D eigenvalue weighted by atomic mass is 79.9. The summed E-state index contributed by atoms with van der Waals surface area (Å²) in [6, 6.07) is 5.39. The molecule has 1 aromatic rings. The van der Waals surface area contributed by atoms with Crippen LogP contribution in [0.2, 0.25) is 0 Å². The molecule has 0 saturated heterocycles. The van der Waals surface area contributed by atoms with Crippen LogP contribution in [0.1, 0.15) is 44.1 Å². The van der Waals surface area contributed by atoms with Crippen LogP contribution in [0, 0.1) is 23.6 Å². The first kappa shape index (κ1) is 13.3. The molecule has 4 fully saturated rings. The van der Waals surface area contributed by atoms with E-state index in [1.807, 2.05) is 12.1 Å². The van der Waals surface area contributed by atoms with Gasteiger partial charge >= 0.3 is 0 Å². The van der Waals surface area contributed by atoms with Crippen LogP contribution in [0.5, 0.6) is 0 Å². The van der Waals surface area contributed by atoms with E-state index in [-0.39, 0.29) is 5.82 Å². The molecular weight excluding hydrogens is 317 g/mol. The lowest BCUT2D eigenvalue weighted by molar-refractivity contribution is -0.0207. The van der Waals surface area contributed by atoms with Gasteiger partial charge in [-0.05, 0) is 68.4 Å². The fraction of sp³-hybridized carbons (Fsp3) is 0.647. The molecule has 0 spiro atoms. The highest BCUT2D eigenvalue weighted by molar-refractivity contribution is 9.10. The van der Waals surface area contributed by atoms with E-state index in [0.717, 1.165) is 27.8 Å². The zero-order valence-corrected chi connectivity index (χ0v) is 13.3. The summed E-state index contributed by atoms with van der Waals surface area (Å²) in [4.78, 5) is 0. The summed E-state index contributed by atoms with van der Waals surface area (Å²) >= 11 is 3.32. The molecule has 4 aliphatic carbocycles. The van der Waals surface area contributed by atoms with Crippen molar-refractivity contribution in [3.8, 4) is 0 Å². The van der Waals surface area contributed by atoms with Crippen LogP contribution in [0.15, 0.2) is 22.7 Å². The molecular formula is C17H21BrFN.